The van der Waals surface area contributed by atoms with E-state index in [1.807, 2.05) is 0 Å². The van der Waals surface area contributed by atoms with Crippen LogP contribution in [0.4, 0.5) is 0 Å². The number of hydrogen-bond donors (Lipinski definition) is 1. The first-order valence-corrected chi connectivity index (χ1v) is 5.54. The van der Waals surface area contributed by atoms with Gasteiger partial charge in [-0.25, -0.2) is 0 Å². The zero-order valence-corrected chi connectivity index (χ0v) is 8.55. The van der Waals surface area contributed by atoms with Gasteiger partial charge >= 0.3 is 0 Å². The molecular weight excluding hydrogens is 162 g/mol. The minimum absolute atomic E-state index is 0.315. The molecule has 2 nitrogen and oxygen atoms in total. The second-order valence-corrected chi connectivity index (χ2v) is 4.64. The molecule has 74 valence electrons. The van der Waals surface area contributed by atoms with Crippen molar-refractivity contribution >= 4 is 5.91 Å². The summed E-state index contributed by atoms with van der Waals surface area (Å²) in [6.07, 6.45) is 5.08. The summed E-state index contributed by atoms with van der Waals surface area (Å²) in [6, 6.07) is 0.489. The first-order chi connectivity index (χ1) is 6.24. The normalized spacial score (nSPS) is 36.0. The molecule has 0 radical (unpaired) electrons. The van der Waals surface area contributed by atoms with Crippen LogP contribution in [0.5, 0.6) is 0 Å². The van der Waals surface area contributed by atoms with Gasteiger partial charge < -0.3 is 5.32 Å². The summed E-state index contributed by atoms with van der Waals surface area (Å²) in [7, 11) is 0. The quantitative estimate of drug-likeness (QED) is 0.662. The lowest BCUT2D eigenvalue weighted by atomic mass is 9.66. The van der Waals surface area contributed by atoms with Crippen LogP contribution >= 0.6 is 0 Å². The van der Waals surface area contributed by atoms with Crippen LogP contribution < -0.4 is 5.32 Å². The Balaban J connectivity index is 1.94. The molecule has 0 spiro atoms. The number of carbonyl (C=O) groups is 1. The molecule has 13 heavy (non-hydrogen) atoms. The third-order valence-corrected chi connectivity index (χ3v) is 3.91. The SMILES string of the molecule is CCC(C)C1NC(=O)C1C1CCC1. The third kappa shape index (κ3) is 1.36. The maximum absolute atomic E-state index is 11.4. The second-order valence-electron chi connectivity index (χ2n) is 4.64. The Morgan fingerprint density at radius 2 is 2.23 bits per heavy atom. The second kappa shape index (κ2) is 3.32. The lowest BCUT2D eigenvalue weighted by molar-refractivity contribution is -0.142. The molecule has 1 amide bonds. The molecule has 2 aliphatic rings. The minimum Gasteiger partial charge on any atom is -0.352 e. The predicted octanol–water partition coefficient (Wildman–Crippen LogP) is 1.95. The maximum Gasteiger partial charge on any atom is 0.225 e. The summed E-state index contributed by atoms with van der Waals surface area (Å²) in [5.74, 6) is 2.05. The predicted molar refractivity (Wildman–Crippen MR) is 52.2 cm³/mol. The van der Waals surface area contributed by atoms with Gasteiger partial charge in [0.1, 0.15) is 0 Å². The van der Waals surface area contributed by atoms with Crippen LogP contribution in [-0.4, -0.2) is 11.9 Å². The van der Waals surface area contributed by atoms with E-state index in [0.29, 0.717) is 29.7 Å². The molecule has 0 aromatic carbocycles. The zero-order valence-electron chi connectivity index (χ0n) is 8.55. The van der Waals surface area contributed by atoms with E-state index < -0.39 is 0 Å². The van der Waals surface area contributed by atoms with Crippen molar-refractivity contribution in [2.24, 2.45) is 17.8 Å². The van der Waals surface area contributed by atoms with E-state index in [2.05, 4.69) is 19.2 Å². The smallest absolute Gasteiger partial charge is 0.225 e. The van der Waals surface area contributed by atoms with Crippen molar-refractivity contribution in [1.82, 2.24) is 5.32 Å². The molecule has 0 aromatic rings. The topological polar surface area (TPSA) is 29.1 Å². The highest BCUT2D eigenvalue weighted by Gasteiger charge is 2.47. The Bertz CT molecular complexity index is 210. The van der Waals surface area contributed by atoms with Gasteiger partial charge in [-0.15, -0.1) is 0 Å². The van der Waals surface area contributed by atoms with Crippen LogP contribution in [0.25, 0.3) is 0 Å². The van der Waals surface area contributed by atoms with E-state index >= 15 is 0 Å². The molecule has 0 aromatic heterocycles. The zero-order chi connectivity index (χ0) is 9.42. The van der Waals surface area contributed by atoms with Gasteiger partial charge in [-0.3, -0.25) is 4.79 Å². The fourth-order valence-corrected chi connectivity index (χ4v) is 2.47. The fourth-order valence-electron chi connectivity index (χ4n) is 2.47. The minimum atomic E-state index is 0.315. The van der Waals surface area contributed by atoms with Gasteiger partial charge in [0.15, 0.2) is 0 Å². The van der Waals surface area contributed by atoms with Crippen molar-refractivity contribution in [3.63, 3.8) is 0 Å². The third-order valence-electron chi connectivity index (χ3n) is 3.91. The summed E-state index contributed by atoms with van der Waals surface area (Å²) in [5.41, 5.74) is 0. The molecule has 3 unspecified atom stereocenters. The molecule has 1 saturated heterocycles. The van der Waals surface area contributed by atoms with Crippen molar-refractivity contribution in [3.05, 3.63) is 0 Å². The van der Waals surface area contributed by atoms with Crippen molar-refractivity contribution < 1.29 is 4.79 Å². The lowest BCUT2D eigenvalue weighted by Crippen LogP contribution is -2.64. The Kier molecular flexibility index (Phi) is 2.31. The first-order valence-electron chi connectivity index (χ1n) is 5.54. The number of hydrogen-bond acceptors (Lipinski definition) is 1. The number of β-lactam (4-membered cyclic amide) rings is 1. The van der Waals surface area contributed by atoms with Gasteiger partial charge in [0, 0.05) is 6.04 Å². The first kappa shape index (κ1) is 9.04. The number of amides is 1. The summed E-state index contributed by atoms with van der Waals surface area (Å²) >= 11 is 0. The molecule has 1 N–H and O–H groups in total. The van der Waals surface area contributed by atoms with Gasteiger partial charge in [-0.2, -0.15) is 0 Å². The fraction of sp³-hybridized carbons (Fsp3) is 0.909. The van der Waals surface area contributed by atoms with E-state index in [4.69, 9.17) is 0 Å². The summed E-state index contributed by atoms with van der Waals surface area (Å²) in [6.45, 7) is 4.45. The molecule has 2 fully saturated rings. The van der Waals surface area contributed by atoms with E-state index in [9.17, 15) is 4.79 Å². The standard InChI is InChI=1S/C11H19NO/c1-3-7(2)10-9(11(13)12-10)8-5-4-6-8/h7-10H,3-6H2,1-2H3,(H,12,13). The van der Waals surface area contributed by atoms with Gasteiger partial charge in [-0.1, -0.05) is 26.7 Å². The molecular formula is C11H19NO. The molecule has 3 atom stereocenters. The maximum atomic E-state index is 11.4. The summed E-state index contributed by atoms with van der Waals surface area (Å²) in [4.78, 5) is 11.4. The van der Waals surface area contributed by atoms with Crippen LogP contribution in [0, 0.1) is 17.8 Å². The van der Waals surface area contributed by atoms with E-state index in [1.54, 1.807) is 0 Å². The Hall–Kier alpha value is -0.530. The average Bonchev–Trinajstić information content (AvgIpc) is 2.05. The van der Waals surface area contributed by atoms with Crippen LogP contribution in [0.15, 0.2) is 0 Å². The monoisotopic (exact) mass is 181 g/mol. The number of nitrogens with one attached hydrogen (secondary N) is 1. The van der Waals surface area contributed by atoms with Gasteiger partial charge in [0.25, 0.3) is 0 Å². The highest BCUT2D eigenvalue weighted by atomic mass is 16.2. The molecule has 1 aliphatic heterocycles. The van der Waals surface area contributed by atoms with Gasteiger partial charge in [0.05, 0.1) is 5.92 Å². The number of rotatable bonds is 3. The van der Waals surface area contributed by atoms with Crippen LogP contribution in [0.2, 0.25) is 0 Å². The highest BCUT2D eigenvalue weighted by molar-refractivity contribution is 5.86. The molecule has 2 rings (SSSR count). The number of carbonyl (C=O) groups excluding carboxylic acids is 1. The average molecular weight is 181 g/mol. The van der Waals surface area contributed by atoms with E-state index in [-0.39, 0.29) is 0 Å². The van der Waals surface area contributed by atoms with Gasteiger partial charge in [0.2, 0.25) is 5.91 Å². The van der Waals surface area contributed by atoms with E-state index in [0.717, 1.165) is 0 Å². The molecule has 1 aliphatic carbocycles. The Morgan fingerprint density at radius 3 is 2.62 bits per heavy atom. The van der Waals surface area contributed by atoms with Crippen molar-refractivity contribution in [1.29, 1.82) is 0 Å². The van der Waals surface area contributed by atoms with Crippen molar-refractivity contribution in [2.45, 2.75) is 45.6 Å². The largest absolute Gasteiger partial charge is 0.352 e. The van der Waals surface area contributed by atoms with Gasteiger partial charge in [-0.05, 0) is 24.7 Å². The van der Waals surface area contributed by atoms with Crippen LogP contribution in [0.3, 0.4) is 0 Å². The Labute approximate surface area is 80.1 Å². The van der Waals surface area contributed by atoms with Crippen molar-refractivity contribution in [3.8, 4) is 0 Å². The van der Waals surface area contributed by atoms with E-state index in [1.165, 1.54) is 25.7 Å². The Morgan fingerprint density at radius 1 is 1.54 bits per heavy atom. The molecule has 1 saturated carbocycles. The molecule has 1 heterocycles. The lowest BCUT2D eigenvalue weighted by Gasteiger charge is -2.47. The van der Waals surface area contributed by atoms with Crippen LogP contribution in [-0.2, 0) is 4.79 Å². The highest BCUT2D eigenvalue weighted by Crippen LogP contribution is 2.41. The molecule has 2 heteroatoms. The summed E-state index contributed by atoms with van der Waals surface area (Å²) in [5, 5.41) is 3.05. The van der Waals surface area contributed by atoms with Crippen molar-refractivity contribution in [2.75, 3.05) is 0 Å². The van der Waals surface area contributed by atoms with Crippen LogP contribution in [0.1, 0.15) is 39.5 Å². The molecule has 0 bridgehead atoms. The summed E-state index contributed by atoms with van der Waals surface area (Å²) < 4.78 is 0.